The normalized spacial score (nSPS) is 15.5. The molecule has 4 aromatic rings. The van der Waals surface area contributed by atoms with Crippen molar-refractivity contribution < 1.29 is 28.6 Å². The molecule has 0 radical (unpaired) electrons. The fourth-order valence-corrected chi connectivity index (χ4v) is 4.77. The van der Waals surface area contributed by atoms with Crippen LogP contribution in [0.2, 0.25) is 5.02 Å². The highest BCUT2D eigenvalue weighted by Gasteiger charge is 2.45. The predicted molar refractivity (Wildman–Crippen MR) is 141 cm³/mol. The summed E-state index contributed by atoms with van der Waals surface area (Å²) in [6.07, 6.45) is 0. The fraction of sp³-hybridized carbons (Fsp3) is 0.172. The lowest BCUT2D eigenvalue weighted by atomic mass is 9.94. The Bertz CT molecular complexity index is 1570. The highest BCUT2D eigenvalue weighted by atomic mass is 35.5. The van der Waals surface area contributed by atoms with E-state index < -0.39 is 23.5 Å². The quantitative estimate of drug-likeness (QED) is 0.278. The van der Waals surface area contributed by atoms with E-state index in [9.17, 15) is 14.7 Å². The molecule has 0 saturated heterocycles. The largest absolute Gasteiger partial charge is 0.503 e. The summed E-state index contributed by atoms with van der Waals surface area (Å²) < 4.78 is 17.0. The van der Waals surface area contributed by atoms with Gasteiger partial charge >= 0.3 is 0 Å². The van der Waals surface area contributed by atoms with Gasteiger partial charge in [0.15, 0.2) is 23.0 Å². The van der Waals surface area contributed by atoms with Crippen molar-refractivity contribution in [3.8, 4) is 11.5 Å². The highest BCUT2D eigenvalue weighted by Crippen LogP contribution is 2.44. The van der Waals surface area contributed by atoms with Crippen molar-refractivity contribution >= 4 is 39.9 Å². The van der Waals surface area contributed by atoms with Gasteiger partial charge in [-0.2, -0.15) is 0 Å². The first-order chi connectivity index (χ1) is 17.8. The summed E-state index contributed by atoms with van der Waals surface area (Å²) in [5.41, 5.74) is 2.38. The van der Waals surface area contributed by atoms with Crippen LogP contribution in [0.5, 0.6) is 11.5 Å². The third-order valence-electron chi connectivity index (χ3n) is 6.24. The monoisotopic (exact) mass is 517 g/mol. The lowest BCUT2D eigenvalue weighted by molar-refractivity contribution is -0.117. The Labute approximate surface area is 218 Å². The maximum absolute atomic E-state index is 13.8. The summed E-state index contributed by atoms with van der Waals surface area (Å²) in [4.78, 5) is 28.7. The SMILES string of the molecule is CCOc1ccc(C2C(C(=O)c3cc4cc(Cl)ccc4o3)=C(O)C(=O)N2c2cccc(C)c2)cc1OC. The second-order valence-electron chi connectivity index (χ2n) is 8.64. The van der Waals surface area contributed by atoms with Crippen LogP contribution in [0.3, 0.4) is 0 Å². The minimum atomic E-state index is -0.942. The molecule has 0 saturated carbocycles. The van der Waals surface area contributed by atoms with Crippen LogP contribution >= 0.6 is 11.6 Å². The molecule has 5 rings (SSSR count). The summed E-state index contributed by atoms with van der Waals surface area (Å²) >= 11 is 6.09. The van der Waals surface area contributed by atoms with Gasteiger partial charge in [-0.1, -0.05) is 29.8 Å². The van der Waals surface area contributed by atoms with Gasteiger partial charge in [0.1, 0.15) is 5.58 Å². The van der Waals surface area contributed by atoms with Crippen molar-refractivity contribution in [1.82, 2.24) is 0 Å². The third-order valence-corrected chi connectivity index (χ3v) is 6.47. The molecule has 3 aromatic carbocycles. The molecule has 1 aliphatic rings. The number of aliphatic hydroxyl groups excluding tert-OH is 1. The number of halogens is 1. The molecule has 1 atom stereocenters. The van der Waals surface area contributed by atoms with Gasteiger partial charge in [-0.15, -0.1) is 0 Å². The Hall–Kier alpha value is -4.23. The molecule has 2 heterocycles. The van der Waals surface area contributed by atoms with E-state index in [0.29, 0.717) is 45.3 Å². The Morgan fingerprint density at radius 1 is 1.08 bits per heavy atom. The number of fused-ring (bicyclic) bond motifs is 1. The standard InChI is InChI=1S/C29H24ClNO6/c1-4-36-22-10-8-17(14-23(22)35-3)26-25(27(32)24-15-18-13-19(30)9-11-21(18)37-24)28(33)29(34)31(26)20-7-5-6-16(2)12-20/h5-15,26,33H,4H2,1-3H3. The van der Waals surface area contributed by atoms with E-state index in [4.69, 9.17) is 25.5 Å². The van der Waals surface area contributed by atoms with E-state index in [-0.39, 0.29) is 11.3 Å². The first-order valence-electron chi connectivity index (χ1n) is 11.7. The molecule has 188 valence electrons. The summed E-state index contributed by atoms with van der Waals surface area (Å²) in [5.74, 6) is -0.983. The van der Waals surface area contributed by atoms with Crippen LogP contribution in [0.25, 0.3) is 11.0 Å². The number of rotatable bonds is 7. The number of amides is 1. The maximum atomic E-state index is 13.8. The van der Waals surface area contributed by atoms with Crippen LogP contribution in [0.4, 0.5) is 5.69 Å². The third kappa shape index (κ3) is 4.32. The number of carbonyl (C=O) groups excluding carboxylic acids is 2. The maximum Gasteiger partial charge on any atom is 0.294 e. The van der Waals surface area contributed by atoms with Gasteiger partial charge in [0, 0.05) is 16.1 Å². The van der Waals surface area contributed by atoms with Crippen molar-refractivity contribution in [1.29, 1.82) is 0 Å². The van der Waals surface area contributed by atoms with E-state index in [1.165, 1.54) is 12.0 Å². The predicted octanol–water partition coefficient (Wildman–Crippen LogP) is 6.58. The summed E-state index contributed by atoms with van der Waals surface area (Å²) in [5, 5.41) is 12.2. The molecule has 0 spiro atoms. The number of ether oxygens (including phenoxy) is 2. The summed E-state index contributed by atoms with van der Waals surface area (Å²) in [6.45, 7) is 4.20. The van der Waals surface area contributed by atoms with Crippen molar-refractivity contribution in [2.75, 3.05) is 18.6 Å². The molecule has 1 aliphatic heterocycles. The molecule has 8 heteroatoms. The average molecular weight is 518 g/mol. The lowest BCUT2D eigenvalue weighted by Gasteiger charge is -2.27. The van der Waals surface area contributed by atoms with Crippen molar-refractivity contribution in [2.24, 2.45) is 0 Å². The molecule has 1 N–H and O–H groups in total. The van der Waals surface area contributed by atoms with Crippen molar-refractivity contribution in [3.05, 3.63) is 100.0 Å². The molecule has 1 unspecified atom stereocenters. The number of carbonyl (C=O) groups is 2. The summed E-state index contributed by atoms with van der Waals surface area (Å²) in [7, 11) is 1.51. The molecule has 1 aromatic heterocycles. The molecule has 37 heavy (non-hydrogen) atoms. The van der Waals surface area contributed by atoms with Crippen LogP contribution in [0.15, 0.2) is 82.5 Å². The van der Waals surface area contributed by atoms with Gasteiger partial charge < -0.3 is 19.0 Å². The number of hydrogen-bond acceptors (Lipinski definition) is 6. The molecular formula is C29H24ClNO6. The Morgan fingerprint density at radius 2 is 1.89 bits per heavy atom. The number of anilines is 1. The van der Waals surface area contributed by atoms with Gasteiger partial charge in [0.2, 0.25) is 5.78 Å². The smallest absolute Gasteiger partial charge is 0.294 e. The topological polar surface area (TPSA) is 89.2 Å². The Morgan fingerprint density at radius 3 is 2.62 bits per heavy atom. The van der Waals surface area contributed by atoms with E-state index >= 15 is 0 Å². The molecule has 0 bridgehead atoms. The van der Waals surface area contributed by atoms with Crippen LogP contribution in [0.1, 0.15) is 34.6 Å². The molecular weight excluding hydrogens is 494 g/mol. The van der Waals surface area contributed by atoms with E-state index in [0.717, 1.165) is 5.56 Å². The van der Waals surface area contributed by atoms with Gasteiger partial charge in [-0.25, -0.2) is 0 Å². The number of benzene rings is 3. The zero-order valence-corrected chi connectivity index (χ0v) is 21.2. The molecule has 1 amide bonds. The van der Waals surface area contributed by atoms with Crippen LogP contribution < -0.4 is 14.4 Å². The number of aliphatic hydroxyl groups is 1. The Kier molecular flexibility index (Phi) is 6.39. The molecule has 0 aliphatic carbocycles. The second kappa shape index (κ2) is 9.67. The van der Waals surface area contributed by atoms with E-state index in [1.54, 1.807) is 48.5 Å². The number of furan rings is 1. The highest BCUT2D eigenvalue weighted by molar-refractivity contribution is 6.31. The average Bonchev–Trinajstić information content (AvgIpc) is 3.42. The van der Waals surface area contributed by atoms with Crippen LogP contribution in [0, 0.1) is 6.92 Å². The van der Waals surface area contributed by atoms with E-state index in [2.05, 4.69) is 0 Å². The molecule has 0 fully saturated rings. The number of Topliss-reactive ketones (excluding diaryl/α,β-unsaturated/α-hetero) is 1. The number of ketones is 1. The lowest BCUT2D eigenvalue weighted by Crippen LogP contribution is -2.31. The van der Waals surface area contributed by atoms with E-state index in [1.807, 2.05) is 32.0 Å². The van der Waals surface area contributed by atoms with Gasteiger partial charge in [0.25, 0.3) is 5.91 Å². The zero-order valence-electron chi connectivity index (χ0n) is 20.4. The van der Waals surface area contributed by atoms with Crippen molar-refractivity contribution in [3.63, 3.8) is 0 Å². The second-order valence-corrected chi connectivity index (χ2v) is 9.08. The minimum absolute atomic E-state index is 0.0133. The number of aryl methyl sites for hydroxylation is 1. The van der Waals surface area contributed by atoms with Crippen LogP contribution in [-0.2, 0) is 4.79 Å². The Balaban J connectivity index is 1.67. The first kappa shape index (κ1) is 24.5. The first-order valence-corrected chi connectivity index (χ1v) is 12.1. The zero-order chi connectivity index (χ0) is 26.3. The fourth-order valence-electron chi connectivity index (χ4n) is 4.58. The van der Waals surface area contributed by atoms with Gasteiger partial charge in [-0.05, 0) is 73.5 Å². The van der Waals surface area contributed by atoms with Crippen LogP contribution in [-0.4, -0.2) is 30.5 Å². The van der Waals surface area contributed by atoms with Gasteiger partial charge in [-0.3, -0.25) is 14.5 Å². The molecule has 7 nitrogen and oxygen atoms in total. The minimum Gasteiger partial charge on any atom is -0.503 e. The number of methoxy groups -OCH3 is 1. The van der Waals surface area contributed by atoms with Crippen molar-refractivity contribution in [2.45, 2.75) is 19.9 Å². The number of hydrogen-bond donors (Lipinski definition) is 1. The number of nitrogens with zero attached hydrogens (tertiary/aromatic N) is 1. The summed E-state index contributed by atoms with van der Waals surface area (Å²) in [6, 6.07) is 18.1. The van der Waals surface area contributed by atoms with Gasteiger partial charge in [0.05, 0.1) is 25.3 Å².